The molecule has 0 aliphatic heterocycles. The van der Waals surface area contributed by atoms with Crippen LogP contribution in [0.1, 0.15) is 33.9 Å². The van der Waals surface area contributed by atoms with Crippen molar-refractivity contribution in [3.8, 4) is 0 Å². The van der Waals surface area contributed by atoms with Crippen molar-refractivity contribution < 1.29 is 9.59 Å². The number of benzene rings is 1. The molecule has 1 aromatic carbocycles. The molecule has 0 radical (unpaired) electrons. The van der Waals surface area contributed by atoms with Crippen molar-refractivity contribution in [2.75, 3.05) is 32.5 Å². The summed E-state index contributed by atoms with van der Waals surface area (Å²) in [6.07, 6.45) is 0. The normalized spacial score (nSPS) is 11.4. The van der Waals surface area contributed by atoms with Crippen LogP contribution in [0.2, 0.25) is 0 Å². The van der Waals surface area contributed by atoms with Gasteiger partial charge in [0, 0.05) is 24.3 Å². The first-order chi connectivity index (χ1) is 11.8. The average Bonchev–Trinajstić information content (AvgIpc) is 3.06. The van der Waals surface area contributed by atoms with Crippen LogP contribution >= 0.6 is 11.3 Å². The Morgan fingerprint density at radius 2 is 1.88 bits per heavy atom. The monoisotopic (exact) mass is 359 g/mol. The van der Waals surface area contributed by atoms with Gasteiger partial charge < -0.3 is 15.5 Å². The fourth-order valence-electron chi connectivity index (χ4n) is 2.67. The molecule has 5 nitrogen and oxygen atoms in total. The van der Waals surface area contributed by atoms with Gasteiger partial charge in [0.25, 0.3) is 11.8 Å². The lowest BCUT2D eigenvalue weighted by molar-refractivity contribution is 0.0928. The maximum atomic E-state index is 12.4. The predicted molar refractivity (Wildman–Crippen MR) is 103 cm³/mol. The minimum atomic E-state index is -0.167. The summed E-state index contributed by atoms with van der Waals surface area (Å²) in [5, 5.41) is 7.65. The van der Waals surface area contributed by atoms with Crippen LogP contribution in [0.15, 0.2) is 41.8 Å². The van der Waals surface area contributed by atoms with Crippen molar-refractivity contribution in [1.29, 1.82) is 0 Å². The largest absolute Gasteiger partial charge is 0.351 e. The highest BCUT2D eigenvalue weighted by atomic mass is 32.1. The lowest BCUT2D eigenvalue weighted by atomic mass is 9.93. The van der Waals surface area contributed by atoms with Gasteiger partial charge in [-0.3, -0.25) is 9.59 Å². The Kier molecular flexibility index (Phi) is 6.33. The topological polar surface area (TPSA) is 61.4 Å². The second-order valence-electron chi connectivity index (χ2n) is 7.10. The van der Waals surface area contributed by atoms with E-state index in [-0.39, 0.29) is 17.2 Å². The minimum Gasteiger partial charge on any atom is -0.351 e. The molecule has 0 aliphatic rings. The Morgan fingerprint density at radius 3 is 2.52 bits per heavy atom. The van der Waals surface area contributed by atoms with E-state index in [1.807, 2.05) is 25.5 Å². The van der Waals surface area contributed by atoms with E-state index in [0.717, 1.165) is 6.54 Å². The summed E-state index contributed by atoms with van der Waals surface area (Å²) in [5.74, 6) is -0.307. The summed E-state index contributed by atoms with van der Waals surface area (Å²) >= 11 is 1.38. The third-order valence-corrected chi connectivity index (χ3v) is 4.47. The van der Waals surface area contributed by atoms with Crippen molar-refractivity contribution in [2.45, 2.75) is 13.8 Å². The highest BCUT2D eigenvalue weighted by Crippen LogP contribution is 2.17. The molecule has 2 rings (SSSR count). The summed E-state index contributed by atoms with van der Waals surface area (Å²) in [6.45, 7) is 5.69. The van der Waals surface area contributed by atoms with Crippen LogP contribution in [0.5, 0.6) is 0 Å². The van der Waals surface area contributed by atoms with Gasteiger partial charge in [-0.15, -0.1) is 11.3 Å². The van der Waals surface area contributed by atoms with Crippen LogP contribution in [0.4, 0.5) is 5.69 Å². The fraction of sp³-hybridized carbons (Fsp3) is 0.368. The Hall–Kier alpha value is -2.18. The number of amides is 2. The van der Waals surface area contributed by atoms with Gasteiger partial charge in [0.15, 0.2) is 0 Å². The van der Waals surface area contributed by atoms with Crippen LogP contribution < -0.4 is 10.6 Å². The van der Waals surface area contributed by atoms with Crippen LogP contribution in [0.3, 0.4) is 0 Å². The van der Waals surface area contributed by atoms with Gasteiger partial charge in [0.05, 0.1) is 4.88 Å². The Bertz CT molecular complexity index is 724. The Labute approximate surface area is 153 Å². The van der Waals surface area contributed by atoms with Crippen molar-refractivity contribution >= 4 is 28.8 Å². The summed E-state index contributed by atoms with van der Waals surface area (Å²) in [6, 6.07) is 10.6. The highest BCUT2D eigenvalue weighted by Gasteiger charge is 2.20. The van der Waals surface area contributed by atoms with E-state index < -0.39 is 0 Å². The summed E-state index contributed by atoms with van der Waals surface area (Å²) in [7, 11) is 4.03. The molecule has 0 fully saturated rings. The number of hydrogen-bond donors (Lipinski definition) is 2. The zero-order chi connectivity index (χ0) is 18.4. The minimum absolute atomic E-state index is 0.0237. The average molecular weight is 359 g/mol. The van der Waals surface area contributed by atoms with Crippen LogP contribution in [0.25, 0.3) is 0 Å². The molecule has 25 heavy (non-hydrogen) atoms. The zero-order valence-electron chi connectivity index (χ0n) is 15.1. The van der Waals surface area contributed by atoms with Crippen molar-refractivity contribution in [2.24, 2.45) is 5.41 Å². The van der Waals surface area contributed by atoms with E-state index in [1.54, 1.807) is 30.3 Å². The molecule has 6 heteroatoms. The first kappa shape index (κ1) is 19.1. The summed E-state index contributed by atoms with van der Waals surface area (Å²) in [5.41, 5.74) is 1.12. The molecule has 0 aliphatic carbocycles. The lowest BCUT2D eigenvalue weighted by Gasteiger charge is -2.28. The lowest BCUT2D eigenvalue weighted by Crippen LogP contribution is -2.39. The Balaban J connectivity index is 1.98. The van der Waals surface area contributed by atoms with Gasteiger partial charge in [0.1, 0.15) is 0 Å². The molecule has 2 aromatic rings. The van der Waals surface area contributed by atoms with E-state index in [1.165, 1.54) is 11.3 Å². The van der Waals surface area contributed by atoms with Crippen LogP contribution in [-0.2, 0) is 0 Å². The number of carbonyl (C=O) groups is 2. The number of rotatable bonds is 7. The molecule has 0 unspecified atom stereocenters. The standard InChI is InChI=1S/C19H25N3O2S/c1-19(2,13-22(3)4)12-20-17(23)14-7-5-8-15(11-14)21-18(24)16-9-6-10-25-16/h5-11H,12-13H2,1-4H3,(H,20,23)(H,21,24). The van der Waals surface area contributed by atoms with Gasteiger partial charge in [0.2, 0.25) is 0 Å². The zero-order valence-corrected chi connectivity index (χ0v) is 15.9. The smallest absolute Gasteiger partial charge is 0.265 e. The second kappa shape index (κ2) is 8.27. The number of thiophene rings is 1. The van der Waals surface area contributed by atoms with Crippen molar-refractivity contribution in [3.05, 3.63) is 52.2 Å². The molecule has 0 saturated carbocycles. The molecule has 1 aromatic heterocycles. The van der Waals surface area contributed by atoms with E-state index in [2.05, 4.69) is 29.4 Å². The number of carbonyl (C=O) groups excluding carboxylic acids is 2. The van der Waals surface area contributed by atoms with Crippen molar-refractivity contribution in [3.63, 3.8) is 0 Å². The van der Waals surface area contributed by atoms with E-state index >= 15 is 0 Å². The molecular weight excluding hydrogens is 334 g/mol. The molecule has 0 bridgehead atoms. The molecule has 2 amide bonds. The van der Waals surface area contributed by atoms with Gasteiger partial charge in [-0.05, 0) is 49.2 Å². The maximum absolute atomic E-state index is 12.4. The molecule has 2 N–H and O–H groups in total. The van der Waals surface area contributed by atoms with Gasteiger partial charge >= 0.3 is 0 Å². The Morgan fingerprint density at radius 1 is 1.12 bits per heavy atom. The summed E-state index contributed by atoms with van der Waals surface area (Å²) < 4.78 is 0. The van der Waals surface area contributed by atoms with Gasteiger partial charge in [-0.25, -0.2) is 0 Å². The highest BCUT2D eigenvalue weighted by molar-refractivity contribution is 7.12. The number of anilines is 1. The number of nitrogens with zero attached hydrogens (tertiary/aromatic N) is 1. The third-order valence-electron chi connectivity index (χ3n) is 3.60. The van der Waals surface area contributed by atoms with Gasteiger partial charge in [-0.1, -0.05) is 26.0 Å². The molecule has 0 saturated heterocycles. The number of hydrogen-bond acceptors (Lipinski definition) is 4. The predicted octanol–water partition coefficient (Wildman–Crippen LogP) is 3.32. The fourth-order valence-corrected chi connectivity index (χ4v) is 3.29. The number of nitrogens with one attached hydrogen (secondary N) is 2. The van der Waals surface area contributed by atoms with E-state index in [9.17, 15) is 9.59 Å². The SMILES string of the molecule is CN(C)CC(C)(C)CNC(=O)c1cccc(NC(=O)c2cccs2)c1. The second-order valence-corrected chi connectivity index (χ2v) is 8.04. The molecule has 134 valence electrons. The first-order valence-corrected chi connectivity index (χ1v) is 9.03. The van der Waals surface area contributed by atoms with Crippen molar-refractivity contribution in [1.82, 2.24) is 10.2 Å². The maximum Gasteiger partial charge on any atom is 0.265 e. The first-order valence-electron chi connectivity index (χ1n) is 8.15. The van der Waals surface area contributed by atoms with E-state index in [4.69, 9.17) is 0 Å². The molecular formula is C19H25N3O2S. The van der Waals surface area contributed by atoms with E-state index in [0.29, 0.717) is 22.7 Å². The third kappa shape index (κ3) is 5.99. The quantitative estimate of drug-likeness (QED) is 0.797. The molecule has 1 heterocycles. The van der Waals surface area contributed by atoms with Crippen LogP contribution in [-0.4, -0.2) is 43.9 Å². The van der Waals surface area contributed by atoms with Crippen LogP contribution in [0, 0.1) is 5.41 Å². The molecule has 0 spiro atoms. The summed E-state index contributed by atoms with van der Waals surface area (Å²) in [4.78, 5) is 27.3. The molecule has 0 atom stereocenters. The van der Waals surface area contributed by atoms with Gasteiger partial charge in [-0.2, -0.15) is 0 Å².